The van der Waals surface area contributed by atoms with Gasteiger partial charge in [-0.25, -0.2) is 0 Å². The molecule has 1 N–H and O–H groups in total. The van der Waals surface area contributed by atoms with Crippen LogP contribution in [0, 0.1) is 11.3 Å². The molecule has 0 aromatic heterocycles. The lowest BCUT2D eigenvalue weighted by Crippen LogP contribution is -2.28. The molecule has 0 spiro atoms. The molecule has 0 unspecified atom stereocenters. The predicted molar refractivity (Wildman–Crippen MR) is 75.1 cm³/mol. The van der Waals surface area contributed by atoms with Crippen LogP contribution in [-0.2, 0) is 4.79 Å². The Labute approximate surface area is 118 Å². The van der Waals surface area contributed by atoms with Gasteiger partial charge in [-0.05, 0) is 24.6 Å². The number of amides is 1. The predicted octanol–water partition coefficient (Wildman–Crippen LogP) is 2.63. The molecule has 1 heterocycles. The SMILES string of the molecule is CCCN1C[C@@H](Nc2ccc(C#N)c(Cl)c2)CC1=O. The summed E-state index contributed by atoms with van der Waals surface area (Å²) >= 11 is 5.98. The molecule has 0 bridgehead atoms. The van der Waals surface area contributed by atoms with Crippen molar-refractivity contribution in [3.63, 3.8) is 0 Å². The number of nitrogens with zero attached hydrogens (tertiary/aromatic N) is 2. The summed E-state index contributed by atoms with van der Waals surface area (Å²) in [4.78, 5) is 13.6. The van der Waals surface area contributed by atoms with Crippen LogP contribution in [0.1, 0.15) is 25.3 Å². The second-order valence-corrected chi connectivity index (χ2v) is 5.10. The summed E-state index contributed by atoms with van der Waals surface area (Å²) in [6.07, 6.45) is 1.48. The molecule has 0 saturated carbocycles. The third kappa shape index (κ3) is 3.18. The van der Waals surface area contributed by atoms with E-state index in [0.29, 0.717) is 17.0 Å². The van der Waals surface area contributed by atoms with Gasteiger partial charge in [0, 0.05) is 25.2 Å². The number of benzene rings is 1. The van der Waals surface area contributed by atoms with E-state index in [-0.39, 0.29) is 11.9 Å². The maximum Gasteiger partial charge on any atom is 0.224 e. The highest BCUT2D eigenvalue weighted by atomic mass is 35.5. The van der Waals surface area contributed by atoms with Gasteiger partial charge in [-0.15, -0.1) is 0 Å². The maximum atomic E-state index is 11.7. The summed E-state index contributed by atoms with van der Waals surface area (Å²) in [5.74, 6) is 0.194. The number of carbonyl (C=O) groups excluding carboxylic acids is 1. The lowest BCUT2D eigenvalue weighted by molar-refractivity contribution is -0.127. The number of carbonyl (C=O) groups is 1. The van der Waals surface area contributed by atoms with E-state index in [1.165, 1.54) is 0 Å². The van der Waals surface area contributed by atoms with Crippen LogP contribution in [0.25, 0.3) is 0 Å². The molecule has 4 nitrogen and oxygen atoms in total. The topological polar surface area (TPSA) is 56.1 Å². The molecule has 1 aliphatic rings. The van der Waals surface area contributed by atoms with E-state index >= 15 is 0 Å². The first-order chi connectivity index (χ1) is 9.13. The Kier molecular flexibility index (Phi) is 4.28. The minimum absolute atomic E-state index is 0.114. The number of rotatable bonds is 4. The van der Waals surface area contributed by atoms with Crippen LogP contribution in [-0.4, -0.2) is 29.9 Å². The molecule has 1 saturated heterocycles. The second kappa shape index (κ2) is 5.94. The van der Waals surface area contributed by atoms with Gasteiger partial charge in [0.25, 0.3) is 0 Å². The number of halogens is 1. The summed E-state index contributed by atoms with van der Waals surface area (Å²) in [5.41, 5.74) is 1.31. The normalized spacial score (nSPS) is 18.5. The molecule has 2 rings (SSSR count). The number of nitrogens with one attached hydrogen (secondary N) is 1. The number of likely N-dealkylation sites (tertiary alicyclic amines) is 1. The molecule has 0 radical (unpaired) electrons. The number of hydrogen-bond donors (Lipinski definition) is 1. The summed E-state index contributed by atoms with van der Waals surface area (Å²) in [7, 11) is 0. The monoisotopic (exact) mass is 277 g/mol. The van der Waals surface area contributed by atoms with Gasteiger partial charge in [-0.3, -0.25) is 4.79 Å². The highest BCUT2D eigenvalue weighted by molar-refractivity contribution is 6.32. The van der Waals surface area contributed by atoms with Crippen molar-refractivity contribution >= 4 is 23.2 Å². The fraction of sp³-hybridized carbons (Fsp3) is 0.429. The van der Waals surface area contributed by atoms with E-state index < -0.39 is 0 Å². The Balaban J connectivity index is 2.01. The Morgan fingerprint density at radius 1 is 1.58 bits per heavy atom. The van der Waals surface area contributed by atoms with E-state index in [0.717, 1.165) is 25.2 Å². The third-order valence-electron chi connectivity index (χ3n) is 3.17. The van der Waals surface area contributed by atoms with Crippen LogP contribution in [0.15, 0.2) is 18.2 Å². The lowest BCUT2D eigenvalue weighted by Gasteiger charge is -2.17. The van der Waals surface area contributed by atoms with Gasteiger partial charge in [0.1, 0.15) is 6.07 Å². The zero-order valence-corrected chi connectivity index (χ0v) is 11.6. The minimum Gasteiger partial charge on any atom is -0.380 e. The highest BCUT2D eigenvalue weighted by Crippen LogP contribution is 2.23. The average Bonchev–Trinajstić information content (AvgIpc) is 2.70. The van der Waals surface area contributed by atoms with Gasteiger partial charge >= 0.3 is 0 Å². The molecular formula is C14H16ClN3O. The zero-order valence-electron chi connectivity index (χ0n) is 10.8. The van der Waals surface area contributed by atoms with Crippen molar-refractivity contribution in [3.8, 4) is 6.07 Å². The van der Waals surface area contributed by atoms with Gasteiger partial charge in [0.05, 0.1) is 16.6 Å². The molecule has 1 amide bonds. The molecular weight excluding hydrogens is 262 g/mol. The van der Waals surface area contributed by atoms with Gasteiger partial charge < -0.3 is 10.2 Å². The van der Waals surface area contributed by atoms with Crippen LogP contribution < -0.4 is 5.32 Å². The molecule has 5 heteroatoms. The van der Waals surface area contributed by atoms with Gasteiger partial charge in [-0.2, -0.15) is 5.26 Å². The van der Waals surface area contributed by atoms with Gasteiger partial charge in [-0.1, -0.05) is 18.5 Å². The van der Waals surface area contributed by atoms with Crippen molar-refractivity contribution in [1.82, 2.24) is 4.90 Å². The highest BCUT2D eigenvalue weighted by Gasteiger charge is 2.28. The van der Waals surface area contributed by atoms with Gasteiger partial charge in [0.2, 0.25) is 5.91 Å². The molecule has 0 aliphatic carbocycles. The standard InChI is InChI=1S/C14H16ClN3O/c1-2-5-18-9-12(7-14(18)19)17-11-4-3-10(8-16)13(15)6-11/h3-4,6,12,17H,2,5,7,9H2,1H3/t12-/m0/s1. The first-order valence-electron chi connectivity index (χ1n) is 6.38. The smallest absolute Gasteiger partial charge is 0.224 e. The average molecular weight is 278 g/mol. The summed E-state index contributed by atoms with van der Waals surface area (Å²) in [6.45, 7) is 3.60. The summed E-state index contributed by atoms with van der Waals surface area (Å²) in [5, 5.41) is 12.5. The lowest BCUT2D eigenvalue weighted by atomic mass is 10.2. The van der Waals surface area contributed by atoms with Crippen LogP contribution in [0.2, 0.25) is 5.02 Å². The van der Waals surface area contributed by atoms with E-state index in [1.54, 1.807) is 12.1 Å². The fourth-order valence-electron chi connectivity index (χ4n) is 2.29. The van der Waals surface area contributed by atoms with Crippen LogP contribution in [0.3, 0.4) is 0 Å². The molecule has 1 aliphatic heterocycles. The fourth-order valence-corrected chi connectivity index (χ4v) is 2.51. The van der Waals surface area contributed by atoms with E-state index in [2.05, 4.69) is 12.2 Å². The van der Waals surface area contributed by atoms with Crippen molar-refractivity contribution in [2.24, 2.45) is 0 Å². The van der Waals surface area contributed by atoms with Crippen LogP contribution in [0.4, 0.5) is 5.69 Å². The Hall–Kier alpha value is -1.73. The van der Waals surface area contributed by atoms with Gasteiger partial charge in [0.15, 0.2) is 0 Å². The third-order valence-corrected chi connectivity index (χ3v) is 3.48. The molecule has 1 atom stereocenters. The minimum atomic E-state index is 0.114. The molecule has 19 heavy (non-hydrogen) atoms. The molecule has 1 aromatic carbocycles. The number of anilines is 1. The summed E-state index contributed by atoms with van der Waals surface area (Å²) in [6, 6.07) is 7.37. The zero-order chi connectivity index (χ0) is 13.8. The maximum absolute atomic E-state index is 11.7. The summed E-state index contributed by atoms with van der Waals surface area (Å²) < 4.78 is 0. The van der Waals surface area contributed by atoms with Crippen molar-refractivity contribution in [2.75, 3.05) is 18.4 Å². The largest absolute Gasteiger partial charge is 0.380 e. The Morgan fingerprint density at radius 2 is 2.37 bits per heavy atom. The van der Waals surface area contributed by atoms with Crippen molar-refractivity contribution < 1.29 is 4.79 Å². The quantitative estimate of drug-likeness (QED) is 0.920. The first-order valence-corrected chi connectivity index (χ1v) is 6.75. The van der Waals surface area contributed by atoms with E-state index in [9.17, 15) is 4.79 Å². The van der Waals surface area contributed by atoms with Crippen LogP contribution >= 0.6 is 11.6 Å². The van der Waals surface area contributed by atoms with E-state index in [1.807, 2.05) is 17.0 Å². The Bertz CT molecular complexity index is 524. The van der Waals surface area contributed by atoms with Crippen molar-refractivity contribution in [2.45, 2.75) is 25.8 Å². The first kappa shape index (κ1) is 13.7. The van der Waals surface area contributed by atoms with Crippen molar-refractivity contribution in [3.05, 3.63) is 28.8 Å². The van der Waals surface area contributed by atoms with Crippen molar-refractivity contribution in [1.29, 1.82) is 5.26 Å². The molecule has 100 valence electrons. The molecule has 1 aromatic rings. The number of nitriles is 1. The van der Waals surface area contributed by atoms with E-state index in [4.69, 9.17) is 16.9 Å². The number of hydrogen-bond acceptors (Lipinski definition) is 3. The Morgan fingerprint density at radius 3 is 3.00 bits per heavy atom. The van der Waals surface area contributed by atoms with Crippen LogP contribution in [0.5, 0.6) is 0 Å². The second-order valence-electron chi connectivity index (χ2n) is 4.69. The molecule has 1 fully saturated rings.